The van der Waals surface area contributed by atoms with Crippen LogP contribution in [-0.4, -0.2) is 5.75 Å². The minimum atomic E-state index is 0.0710. The van der Waals surface area contributed by atoms with Crippen LogP contribution in [0.1, 0.15) is 6.92 Å². The van der Waals surface area contributed by atoms with E-state index in [1.807, 2.05) is 6.08 Å². The summed E-state index contributed by atoms with van der Waals surface area (Å²) in [5.74, 6) is 1.25. The maximum Gasteiger partial charge on any atom is 0.00321 e. The van der Waals surface area contributed by atoms with Crippen molar-refractivity contribution in [3.8, 4) is 0 Å². The Morgan fingerprint density at radius 3 is 2.86 bits per heavy atom. The molecule has 0 saturated carbocycles. The topological polar surface area (TPSA) is 0 Å². The summed E-state index contributed by atoms with van der Waals surface area (Å²) in [6.45, 7) is 2.20. The second-order valence-corrected chi connectivity index (χ2v) is 3.55. The van der Waals surface area contributed by atoms with Crippen molar-refractivity contribution < 1.29 is 0 Å². The molecule has 1 atom stereocenters. The van der Waals surface area contributed by atoms with Gasteiger partial charge in [0.05, 0.1) is 0 Å². The fourth-order valence-corrected chi connectivity index (χ4v) is 1.58. The highest BCUT2D eigenvalue weighted by molar-refractivity contribution is 8.21. The second-order valence-electron chi connectivity index (χ2n) is 1.42. The van der Waals surface area contributed by atoms with Crippen molar-refractivity contribution >= 4 is 10.9 Å². The molecule has 0 saturated heterocycles. The van der Waals surface area contributed by atoms with Crippen LogP contribution in [0.15, 0.2) is 17.6 Å². The van der Waals surface area contributed by atoms with E-state index in [0.717, 1.165) is 0 Å². The molecule has 0 aromatic heterocycles. The first-order chi connectivity index (χ1) is 3.43. The van der Waals surface area contributed by atoms with Crippen molar-refractivity contribution in [2.24, 2.45) is 0 Å². The van der Waals surface area contributed by atoms with E-state index in [1.54, 1.807) is 0 Å². The molecule has 1 radical (unpaired) electrons. The standard InChI is InChI=1S/C6H9S/c1-2-7-5-3-4-6-7/h3-5,7H,2H2,1H3. The van der Waals surface area contributed by atoms with Crippen molar-refractivity contribution in [2.75, 3.05) is 5.75 Å². The molecular weight excluding hydrogens is 104 g/mol. The highest BCUT2D eigenvalue weighted by atomic mass is 32.2. The largest absolute Gasteiger partial charge is 0.206 e. The summed E-state index contributed by atoms with van der Waals surface area (Å²) in [5, 5.41) is 5.47. The second kappa shape index (κ2) is 2.22. The molecule has 1 heteroatoms. The van der Waals surface area contributed by atoms with E-state index in [0.29, 0.717) is 0 Å². The third kappa shape index (κ3) is 1.10. The predicted octanol–water partition coefficient (Wildman–Crippen LogP) is 1.85. The van der Waals surface area contributed by atoms with Crippen LogP contribution in [0.25, 0.3) is 0 Å². The summed E-state index contributed by atoms with van der Waals surface area (Å²) >= 11 is 0. The highest BCUT2D eigenvalue weighted by Gasteiger charge is 1.91. The Morgan fingerprint density at radius 1 is 1.71 bits per heavy atom. The minimum Gasteiger partial charge on any atom is -0.206 e. The summed E-state index contributed by atoms with van der Waals surface area (Å²) in [7, 11) is 0.0710. The molecule has 0 nitrogen and oxygen atoms in total. The average molecular weight is 113 g/mol. The van der Waals surface area contributed by atoms with Crippen LogP contribution in [0.4, 0.5) is 0 Å². The van der Waals surface area contributed by atoms with Crippen LogP contribution in [-0.2, 0) is 0 Å². The Hall–Kier alpha value is -0.170. The first-order valence-electron chi connectivity index (χ1n) is 2.46. The van der Waals surface area contributed by atoms with Gasteiger partial charge in [-0.25, -0.2) is 10.9 Å². The molecule has 1 aliphatic heterocycles. The van der Waals surface area contributed by atoms with Crippen LogP contribution in [0.5, 0.6) is 0 Å². The zero-order chi connectivity index (χ0) is 5.11. The van der Waals surface area contributed by atoms with E-state index in [1.165, 1.54) is 5.75 Å². The SMILES string of the molecule is CC[SH]1[C]=CC=C1. The van der Waals surface area contributed by atoms with E-state index in [-0.39, 0.29) is 10.9 Å². The molecule has 0 N–H and O–H groups in total. The number of hydrogen-bond acceptors (Lipinski definition) is 0. The number of rotatable bonds is 1. The van der Waals surface area contributed by atoms with Crippen molar-refractivity contribution in [3.05, 3.63) is 23.0 Å². The third-order valence-electron chi connectivity index (χ3n) is 0.943. The number of allylic oxidation sites excluding steroid dienone is 2. The summed E-state index contributed by atoms with van der Waals surface area (Å²) in [6.07, 6.45) is 4.09. The minimum absolute atomic E-state index is 0.0710. The van der Waals surface area contributed by atoms with Gasteiger partial charge in [0.25, 0.3) is 0 Å². The highest BCUT2D eigenvalue weighted by Crippen LogP contribution is 2.30. The molecule has 0 bridgehead atoms. The molecule has 1 rings (SSSR count). The molecule has 0 aromatic carbocycles. The molecule has 0 amide bonds. The van der Waals surface area contributed by atoms with Gasteiger partial charge >= 0.3 is 0 Å². The van der Waals surface area contributed by atoms with Gasteiger partial charge in [0.1, 0.15) is 0 Å². The Morgan fingerprint density at radius 2 is 2.57 bits per heavy atom. The van der Waals surface area contributed by atoms with Crippen LogP contribution in [0.2, 0.25) is 0 Å². The van der Waals surface area contributed by atoms with E-state index < -0.39 is 0 Å². The molecule has 1 heterocycles. The lowest BCUT2D eigenvalue weighted by atomic mass is 10.6. The zero-order valence-electron chi connectivity index (χ0n) is 4.39. The van der Waals surface area contributed by atoms with Gasteiger partial charge in [-0.2, -0.15) is 0 Å². The summed E-state index contributed by atoms with van der Waals surface area (Å²) < 4.78 is 0. The van der Waals surface area contributed by atoms with Gasteiger partial charge in [-0.3, -0.25) is 0 Å². The lowest BCUT2D eigenvalue weighted by molar-refractivity contribution is 1.53. The van der Waals surface area contributed by atoms with E-state index in [2.05, 4.69) is 23.8 Å². The molecule has 0 aliphatic carbocycles. The van der Waals surface area contributed by atoms with Crippen LogP contribution in [0, 0.1) is 5.41 Å². The van der Waals surface area contributed by atoms with Gasteiger partial charge in [0.2, 0.25) is 0 Å². The summed E-state index contributed by atoms with van der Waals surface area (Å²) in [6, 6.07) is 0. The first kappa shape index (κ1) is 4.98. The zero-order valence-corrected chi connectivity index (χ0v) is 5.28. The molecule has 39 valence electrons. The van der Waals surface area contributed by atoms with E-state index in [9.17, 15) is 0 Å². The Kier molecular flexibility index (Phi) is 1.58. The number of hydrogen-bond donors (Lipinski definition) is 1. The van der Waals surface area contributed by atoms with Crippen molar-refractivity contribution in [1.29, 1.82) is 0 Å². The van der Waals surface area contributed by atoms with Crippen molar-refractivity contribution in [1.82, 2.24) is 0 Å². The molecule has 0 fully saturated rings. The van der Waals surface area contributed by atoms with E-state index >= 15 is 0 Å². The van der Waals surface area contributed by atoms with Crippen LogP contribution >= 0.6 is 10.9 Å². The fourth-order valence-electron chi connectivity index (χ4n) is 0.525. The smallest absolute Gasteiger partial charge is 0.00321 e. The van der Waals surface area contributed by atoms with Gasteiger partial charge < -0.3 is 0 Å². The average Bonchev–Trinajstić information content (AvgIpc) is 2.14. The lowest BCUT2D eigenvalue weighted by Crippen LogP contribution is -1.67. The molecule has 1 aliphatic rings. The monoisotopic (exact) mass is 113 g/mol. The van der Waals surface area contributed by atoms with Crippen molar-refractivity contribution in [2.45, 2.75) is 6.92 Å². The summed E-state index contributed by atoms with van der Waals surface area (Å²) in [5.41, 5.74) is 0. The Bertz CT molecular complexity index is 90.7. The molecule has 0 aromatic rings. The van der Waals surface area contributed by atoms with E-state index in [4.69, 9.17) is 0 Å². The van der Waals surface area contributed by atoms with Crippen molar-refractivity contribution in [3.63, 3.8) is 0 Å². The Labute approximate surface area is 47.3 Å². The van der Waals surface area contributed by atoms with Gasteiger partial charge in [-0.05, 0) is 17.2 Å². The third-order valence-corrected chi connectivity index (χ3v) is 2.64. The fraction of sp³-hybridized carbons (Fsp3) is 0.333. The van der Waals surface area contributed by atoms with Gasteiger partial charge in [-0.15, -0.1) is 0 Å². The molecule has 1 unspecified atom stereocenters. The van der Waals surface area contributed by atoms with Crippen LogP contribution in [0.3, 0.4) is 0 Å². The van der Waals surface area contributed by atoms with Gasteiger partial charge in [0, 0.05) is 5.41 Å². The van der Waals surface area contributed by atoms with Gasteiger partial charge in [-0.1, -0.05) is 13.0 Å². The first-order valence-corrected chi connectivity index (χ1v) is 4.06. The quantitative estimate of drug-likeness (QED) is 0.493. The molecular formula is C6H9S. The summed E-state index contributed by atoms with van der Waals surface area (Å²) in [4.78, 5) is 0. The normalized spacial score (nSPS) is 21.6. The van der Waals surface area contributed by atoms with Gasteiger partial charge in [0.15, 0.2) is 0 Å². The Balaban J connectivity index is 2.44. The predicted molar refractivity (Wildman–Crippen MR) is 36.5 cm³/mol. The maximum atomic E-state index is 3.23. The lowest BCUT2D eigenvalue weighted by Gasteiger charge is -2.00. The molecule has 0 spiro atoms. The number of thiol groups is 1. The maximum absolute atomic E-state index is 3.23. The van der Waals surface area contributed by atoms with Crippen LogP contribution < -0.4 is 0 Å². The molecule has 7 heavy (non-hydrogen) atoms.